The fourth-order valence-corrected chi connectivity index (χ4v) is 1.97. The smallest absolute Gasteiger partial charge is 0.00745 e. The Hall–Kier alpha value is -0.470. The molecule has 0 atom stereocenters. The highest BCUT2D eigenvalue weighted by Crippen LogP contribution is 2.18. The van der Waals surface area contributed by atoms with E-state index in [-0.39, 0.29) is 0 Å². The summed E-state index contributed by atoms with van der Waals surface area (Å²) in [4.78, 5) is 1.35. The zero-order chi connectivity index (χ0) is 10.8. The lowest BCUT2D eigenvalue weighted by molar-refractivity contribution is 0.943. The van der Waals surface area contributed by atoms with Crippen molar-refractivity contribution in [2.24, 2.45) is 5.73 Å². The highest BCUT2D eigenvalue weighted by atomic mass is 32.2. The Labute approximate surface area is 92.1 Å². The monoisotopic (exact) mass is 211 g/mol. The summed E-state index contributed by atoms with van der Waals surface area (Å²) in [5.41, 5.74) is 6.74. The summed E-state index contributed by atoms with van der Waals surface area (Å²) in [6, 6.07) is 8.57. The van der Waals surface area contributed by atoms with Crippen LogP contribution in [0.15, 0.2) is 29.2 Å². The quantitative estimate of drug-likeness (QED) is 0.609. The molecule has 0 aromatic heterocycles. The molecule has 2 N–H and O–H groups in total. The minimum Gasteiger partial charge on any atom is -0.330 e. The predicted octanol–water partition coefficient (Wildman–Crippen LogP) is 3.46. The van der Waals surface area contributed by atoms with Crippen molar-refractivity contribution in [3.63, 3.8) is 0 Å². The summed E-state index contributed by atoms with van der Waals surface area (Å²) < 4.78 is 0. The molecule has 0 aliphatic heterocycles. The van der Waals surface area contributed by atoms with E-state index < -0.39 is 0 Å². The number of thioether (sulfide) groups is 1. The van der Waals surface area contributed by atoms with Gasteiger partial charge in [0.25, 0.3) is 0 Å². The van der Waals surface area contributed by atoms with E-state index in [1.165, 1.54) is 10.5 Å². The Morgan fingerprint density at radius 2 is 2.00 bits per heavy atom. The summed E-state index contributed by atoms with van der Waals surface area (Å²) in [5.74, 6) is 1.12. The van der Waals surface area contributed by atoms with E-state index in [2.05, 4.69) is 31.2 Å². The van der Waals surface area contributed by atoms with Gasteiger partial charge in [-0.15, -0.1) is 11.8 Å². The molecule has 80 valence electrons. The molecular formula is C12H21NS. The van der Waals surface area contributed by atoms with Crippen molar-refractivity contribution in [1.82, 2.24) is 0 Å². The summed E-state index contributed by atoms with van der Waals surface area (Å²) in [6.45, 7) is 6.91. The SMILES string of the molecule is CC.Cc1cccc(SCCCN)c1. The molecule has 0 spiro atoms. The molecule has 0 saturated carbocycles. The Bertz CT molecular complexity index is 236. The maximum atomic E-state index is 5.41. The van der Waals surface area contributed by atoms with Gasteiger partial charge in [-0.05, 0) is 37.8 Å². The van der Waals surface area contributed by atoms with Crippen molar-refractivity contribution in [3.05, 3.63) is 29.8 Å². The van der Waals surface area contributed by atoms with Crippen molar-refractivity contribution >= 4 is 11.8 Å². The number of nitrogens with two attached hydrogens (primary N) is 1. The molecule has 0 unspecified atom stereocenters. The average molecular weight is 211 g/mol. The summed E-state index contributed by atoms with van der Waals surface area (Å²) in [7, 11) is 0. The minimum atomic E-state index is 0.790. The van der Waals surface area contributed by atoms with Crippen LogP contribution >= 0.6 is 11.8 Å². The molecule has 0 radical (unpaired) electrons. The van der Waals surface area contributed by atoms with Crippen LogP contribution < -0.4 is 5.73 Å². The lowest BCUT2D eigenvalue weighted by Gasteiger charge is -2.00. The fourth-order valence-electron chi connectivity index (χ4n) is 0.978. The number of hydrogen-bond donors (Lipinski definition) is 1. The van der Waals surface area contributed by atoms with Crippen molar-refractivity contribution < 1.29 is 0 Å². The zero-order valence-corrected chi connectivity index (χ0v) is 10.2. The van der Waals surface area contributed by atoms with Gasteiger partial charge >= 0.3 is 0 Å². The van der Waals surface area contributed by atoms with E-state index >= 15 is 0 Å². The molecule has 1 nitrogen and oxygen atoms in total. The van der Waals surface area contributed by atoms with E-state index in [1.54, 1.807) is 0 Å². The maximum absolute atomic E-state index is 5.41. The first kappa shape index (κ1) is 13.5. The Kier molecular flexibility index (Phi) is 8.79. The first-order valence-corrected chi connectivity index (χ1v) is 6.21. The third-order valence-electron chi connectivity index (χ3n) is 1.61. The molecule has 0 bridgehead atoms. The Balaban J connectivity index is 0.000000791. The van der Waals surface area contributed by atoms with Crippen LogP contribution in [0, 0.1) is 6.92 Å². The van der Waals surface area contributed by atoms with Gasteiger partial charge in [-0.3, -0.25) is 0 Å². The standard InChI is InChI=1S/C10H15NS.C2H6/c1-9-4-2-5-10(8-9)12-7-3-6-11;1-2/h2,4-5,8H,3,6-7,11H2,1H3;1-2H3. The lowest BCUT2D eigenvalue weighted by atomic mass is 10.2. The van der Waals surface area contributed by atoms with Crippen LogP contribution in [0.1, 0.15) is 25.8 Å². The van der Waals surface area contributed by atoms with Crippen LogP contribution in [0.3, 0.4) is 0 Å². The molecule has 0 aliphatic carbocycles. The highest BCUT2D eigenvalue weighted by Gasteiger charge is 1.92. The van der Waals surface area contributed by atoms with E-state index in [0.717, 1.165) is 18.7 Å². The van der Waals surface area contributed by atoms with Crippen molar-refractivity contribution in [2.45, 2.75) is 32.1 Å². The topological polar surface area (TPSA) is 26.0 Å². The number of aryl methyl sites for hydroxylation is 1. The second-order valence-electron chi connectivity index (χ2n) is 2.81. The lowest BCUT2D eigenvalue weighted by Crippen LogP contribution is -1.99. The highest BCUT2D eigenvalue weighted by molar-refractivity contribution is 7.99. The summed E-state index contributed by atoms with van der Waals surface area (Å²) >= 11 is 1.88. The molecule has 0 heterocycles. The predicted molar refractivity (Wildman–Crippen MR) is 66.9 cm³/mol. The van der Waals surface area contributed by atoms with E-state index in [4.69, 9.17) is 5.73 Å². The molecule has 1 aromatic rings. The van der Waals surface area contributed by atoms with E-state index in [0.29, 0.717) is 0 Å². The van der Waals surface area contributed by atoms with Crippen molar-refractivity contribution in [2.75, 3.05) is 12.3 Å². The molecule has 0 amide bonds. The first-order chi connectivity index (χ1) is 6.83. The Morgan fingerprint density at radius 3 is 2.57 bits per heavy atom. The van der Waals surface area contributed by atoms with E-state index in [1.807, 2.05) is 25.6 Å². The minimum absolute atomic E-state index is 0.790. The maximum Gasteiger partial charge on any atom is 0.00745 e. The summed E-state index contributed by atoms with van der Waals surface area (Å²) in [6.07, 6.45) is 1.10. The molecule has 0 fully saturated rings. The molecule has 14 heavy (non-hydrogen) atoms. The zero-order valence-electron chi connectivity index (χ0n) is 9.42. The van der Waals surface area contributed by atoms with Crippen LogP contribution in [0.4, 0.5) is 0 Å². The second kappa shape index (κ2) is 9.10. The van der Waals surface area contributed by atoms with Gasteiger partial charge in [-0.2, -0.15) is 0 Å². The van der Waals surface area contributed by atoms with E-state index in [9.17, 15) is 0 Å². The normalized spacial score (nSPS) is 9.14. The molecular weight excluding hydrogens is 190 g/mol. The van der Waals surface area contributed by atoms with Crippen molar-refractivity contribution in [1.29, 1.82) is 0 Å². The molecule has 0 saturated heterocycles. The van der Waals surface area contributed by atoms with Gasteiger partial charge in [0, 0.05) is 4.90 Å². The number of rotatable bonds is 4. The van der Waals surface area contributed by atoms with Crippen LogP contribution in [0.5, 0.6) is 0 Å². The third kappa shape index (κ3) is 6.06. The molecule has 0 aliphatic rings. The van der Waals surface area contributed by atoms with Crippen molar-refractivity contribution in [3.8, 4) is 0 Å². The second-order valence-corrected chi connectivity index (χ2v) is 3.98. The van der Waals surface area contributed by atoms with Gasteiger partial charge in [0.2, 0.25) is 0 Å². The van der Waals surface area contributed by atoms with Crippen LogP contribution in [-0.2, 0) is 0 Å². The third-order valence-corrected chi connectivity index (χ3v) is 2.69. The van der Waals surface area contributed by atoms with Gasteiger partial charge in [0.15, 0.2) is 0 Å². The fraction of sp³-hybridized carbons (Fsp3) is 0.500. The molecule has 1 aromatic carbocycles. The van der Waals surface area contributed by atoms with Gasteiger partial charge in [0.1, 0.15) is 0 Å². The van der Waals surface area contributed by atoms with Gasteiger partial charge in [0.05, 0.1) is 0 Å². The van der Waals surface area contributed by atoms with Crippen LogP contribution in [0.2, 0.25) is 0 Å². The largest absolute Gasteiger partial charge is 0.330 e. The number of hydrogen-bond acceptors (Lipinski definition) is 2. The van der Waals surface area contributed by atoms with Gasteiger partial charge in [-0.1, -0.05) is 31.5 Å². The molecule has 2 heteroatoms. The van der Waals surface area contributed by atoms with Gasteiger partial charge in [-0.25, -0.2) is 0 Å². The molecule has 1 rings (SSSR count). The van der Waals surface area contributed by atoms with Crippen LogP contribution in [0.25, 0.3) is 0 Å². The first-order valence-electron chi connectivity index (χ1n) is 5.22. The van der Waals surface area contributed by atoms with Gasteiger partial charge < -0.3 is 5.73 Å². The number of benzene rings is 1. The summed E-state index contributed by atoms with van der Waals surface area (Å²) in [5, 5.41) is 0. The van der Waals surface area contributed by atoms with Crippen LogP contribution in [-0.4, -0.2) is 12.3 Å². The Morgan fingerprint density at radius 1 is 1.29 bits per heavy atom. The average Bonchev–Trinajstić information content (AvgIpc) is 2.21.